The number of anilines is 2. The number of nitrogens with one attached hydrogen (secondary N) is 2. The molecule has 3 aromatic rings. The maximum atomic E-state index is 14.8. The van der Waals surface area contributed by atoms with Crippen LogP contribution in [0, 0.1) is 18.2 Å². The fourth-order valence-electron chi connectivity index (χ4n) is 3.01. The molecule has 0 saturated carbocycles. The summed E-state index contributed by atoms with van der Waals surface area (Å²) in [6, 6.07) is 10.0. The molecule has 0 fully saturated rings. The van der Waals surface area contributed by atoms with Gasteiger partial charge in [-0.1, -0.05) is 23.6 Å². The van der Waals surface area contributed by atoms with Gasteiger partial charge < -0.3 is 20.4 Å². The Morgan fingerprint density at radius 1 is 1.19 bits per heavy atom. The number of carbonyl (C=O) groups excluding carboxylic acids is 2. The molecule has 0 aliphatic carbocycles. The molecule has 0 aliphatic rings. The van der Waals surface area contributed by atoms with Crippen LogP contribution in [0.3, 0.4) is 0 Å². The number of terminal acetylenes is 1. The Bertz CT molecular complexity index is 1350. The monoisotopic (exact) mass is 507 g/mol. The van der Waals surface area contributed by atoms with Crippen LogP contribution in [-0.4, -0.2) is 48.7 Å². The predicted molar refractivity (Wildman–Crippen MR) is 138 cm³/mol. The van der Waals surface area contributed by atoms with Gasteiger partial charge in [-0.25, -0.2) is 9.37 Å². The lowest BCUT2D eigenvalue weighted by Gasteiger charge is -2.16. The van der Waals surface area contributed by atoms with Crippen molar-refractivity contribution in [2.75, 3.05) is 31.3 Å². The van der Waals surface area contributed by atoms with Crippen molar-refractivity contribution in [2.45, 2.75) is 6.92 Å². The second-order valence-corrected chi connectivity index (χ2v) is 7.91. The van der Waals surface area contributed by atoms with Crippen molar-refractivity contribution >= 4 is 41.1 Å². The van der Waals surface area contributed by atoms with Gasteiger partial charge >= 0.3 is 0 Å². The third kappa shape index (κ3) is 6.37. The second-order valence-electron chi connectivity index (χ2n) is 7.47. The molecule has 0 saturated heterocycles. The van der Waals surface area contributed by atoms with E-state index >= 15 is 0 Å². The molecule has 0 spiro atoms. The van der Waals surface area contributed by atoms with Crippen LogP contribution in [0.1, 0.15) is 38.8 Å². The Balaban J connectivity index is 1.90. The fraction of sp³-hybridized carbons (Fsp3) is 0.154. The minimum atomic E-state index is -0.784. The van der Waals surface area contributed by atoms with Gasteiger partial charge in [0.2, 0.25) is 0 Å². The molecule has 2 amide bonds. The van der Waals surface area contributed by atoms with Gasteiger partial charge in [0.15, 0.2) is 0 Å². The smallest absolute Gasteiger partial charge is 0.259 e. The Kier molecular flexibility index (Phi) is 8.60. The first-order chi connectivity index (χ1) is 17.2. The first-order valence-electron chi connectivity index (χ1n) is 10.7. The molecule has 0 aliphatic heterocycles. The number of ether oxygens (including phenoxy) is 1. The highest BCUT2D eigenvalue weighted by atomic mass is 35.5. The molecular weight excluding hydrogens is 485 g/mol. The topological polar surface area (TPSA) is 95.9 Å². The van der Waals surface area contributed by atoms with E-state index in [-0.39, 0.29) is 33.4 Å². The van der Waals surface area contributed by atoms with Crippen LogP contribution in [0.5, 0.6) is 5.75 Å². The van der Waals surface area contributed by atoms with E-state index in [1.165, 1.54) is 49.9 Å². The predicted octanol–water partition coefficient (Wildman–Crippen LogP) is 4.65. The van der Waals surface area contributed by atoms with Crippen LogP contribution in [0.15, 0.2) is 53.8 Å². The van der Waals surface area contributed by atoms with Crippen molar-refractivity contribution in [3.63, 3.8) is 0 Å². The Morgan fingerprint density at radius 3 is 2.56 bits per heavy atom. The van der Waals surface area contributed by atoms with Crippen LogP contribution in [-0.2, 0) is 0 Å². The lowest BCUT2D eigenvalue weighted by molar-refractivity contribution is 0.102. The number of amides is 2. The molecular formula is C26H23ClFN5O3. The fourth-order valence-corrected chi connectivity index (χ4v) is 3.22. The molecule has 10 heteroatoms. The number of carbonyl (C=O) groups is 2. The van der Waals surface area contributed by atoms with Crippen LogP contribution in [0.2, 0.25) is 5.02 Å². The number of aromatic nitrogens is 1. The first kappa shape index (κ1) is 26.2. The number of hydrogen-bond donors (Lipinski definition) is 2. The average Bonchev–Trinajstić information content (AvgIpc) is 2.88. The molecule has 8 nitrogen and oxygen atoms in total. The number of hydrogen-bond acceptors (Lipinski definition) is 6. The van der Waals surface area contributed by atoms with Crippen molar-refractivity contribution in [1.29, 1.82) is 0 Å². The quantitative estimate of drug-likeness (QED) is 0.263. The second kappa shape index (κ2) is 11.8. The first-order valence-corrected chi connectivity index (χ1v) is 11.1. The van der Waals surface area contributed by atoms with E-state index in [9.17, 15) is 14.0 Å². The molecule has 1 heterocycles. The molecule has 2 N–H and O–H groups in total. The van der Waals surface area contributed by atoms with Gasteiger partial charge in [0.25, 0.3) is 11.8 Å². The number of halogens is 2. The summed E-state index contributed by atoms with van der Waals surface area (Å²) in [7, 11) is 3.13. The van der Waals surface area contributed by atoms with Crippen molar-refractivity contribution in [2.24, 2.45) is 5.10 Å². The molecule has 36 heavy (non-hydrogen) atoms. The van der Waals surface area contributed by atoms with Gasteiger partial charge in [0.1, 0.15) is 17.4 Å². The van der Waals surface area contributed by atoms with Gasteiger partial charge in [-0.15, -0.1) is 6.42 Å². The molecule has 0 unspecified atom stereocenters. The van der Waals surface area contributed by atoms with E-state index in [0.717, 1.165) is 0 Å². The zero-order valence-electron chi connectivity index (χ0n) is 19.8. The van der Waals surface area contributed by atoms with Crippen LogP contribution >= 0.6 is 11.6 Å². The summed E-state index contributed by atoms with van der Waals surface area (Å²) in [5, 5.41) is 11.2. The Hall–Kier alpha value is -4.42. The maximum Gasteiger partial charge on any atom is 0.259 e. The van der Waals surface area contributed by atoms with E-state index in [0.29, 0.717) is 17.7 Å². The van der Waals surface area contributed by atoms with Gasteiger partial charge in [0, 0.05) is 36.4 Å². The van der Waals surface area contributed by atoms with Gasteiger partial charge in [-0.3, -0.25) is 9.59 Å². The molecule has 0 bridgehead atoms. The third-order valence-corrected chi connectivity index (χ3v) is 5.26. The van der Waals surface area contributed by atoms with Crippen molar-refractivity contribution < 1.29 is 18.7 Å². The van der Waals surface area contributed by atoms with Crippen molar-refractivity contribution in [3.8, 4) is 18.1 Å². The standard InChI is InChI=1S/C26H23ClFN5O3/c1-5-16-8-10-23(29-14-16)31-26(35)20-12-18(27)13-22(36-4)24(20)32-25(34)19-9-7-17(11-21(19)28)15-30-33(3)6-2/h1,7-15H,6H2,2-4H3,(H,32,34)(H,29,31,35). The Labute approximate surface area is 213 Å². The average molecular weight is 508 g/mol. The number of pyridine rings is 1. The summed E-state index contributed by atoms with van der Waals surface area (Å²) in [5.41, 5.74) is 0.798. The molecule has 2 aromatic carbocycles. The van der Waals surface area contributed by atoms with E-state index in [4.69, 9.17) is 22.8 Å². The van der Waals surface area contributed by atoms with Gasteiger partial charge in [-0.05, 0) is 42.8 Å². The van der Waals surface area contributed by atoms with Gasteiger partial charge in [-0.2, -0.15) is 5.10 Å². The molecule has 184 valence electrons. The minimum absolute atomic E-state index is 0.0118. The lowest BCUT2D eigenvalue weighted by atomic mass is 10.1. The van der Waals surface area contributed by atoms with Crippen molar-refractivity contribution in [1.82, 2.24) is 9.99 Å². The summed E-state index contributed by atoms with van der Waals surface area (Å²) in [4.78, 5) is 30.1. The molecule has 3 rings (SSSR count). The SMILES string of the molecule is C#Cc1ccc(NC(=O)c2cc(Cl)cc(OC)c2NC(=O)c2ccc(C=NN(C)CC)cc2F)nc1. The zero-order valence-corrected chi connectivity index (χ0v) is 20.6. The number of nitrogens with zero attached hydrogens (tertiary/aromatic N) is 3. The number of rotatable bonds is 8. The highest BCUT2D eigenvalue weighted by Crippen LogP contribution is 2.33. The highest BCUT2D eigenvalue weighted by Gasteiger charge is 2.22. The highest BCUT2D eigenvalue weighted by molar-refractivity contribution is 6.31. The van der Waals surface area contributed by atoms with Crippen LogP contribution in [0.4, 0.5) is 15.9 Å². The molecule has 1 aromatic heterocycles. The van der Waals surface area contributed by atoms with E-state index in [1.54, 1.807) is 24.2 Å². The summed E-state index contributed by atoms with van der Waals surface area (Å²) < 4.78 is 20.1. The summed E-state index contributed by atoms with van der Waals surface area (Å²) in [6.07, 6.45) is 8.24. The molecule has 0 atom stereocenters. The van der Waals surface area contributed by atoms with E-state index < -0.39 is 17.6 Å². The summed E-state index contributed by atoms with van der Waals surface area (Å²) in [5.74, 6) is 0.610. The lowest BCUT2D eigenvalue weighted by Crippen LogP contribution is -2.20. The summed E-state index contributed by atoms with van der Waals surface area (Å²) in [6.45, 7) is 2.61. The third-order valence-electron chi connectivity index (χ3n) is 5.04. The number of benzene rings is 2. The van der Waals surface area contributed by atoms with E-state index in [2.05, 4.69) is 26.6 Å². The van der Waals surface area contributed by atoms with Gasteiger partial charge in [0.05, 0.1) is 30.1 Å². The largest absolute Gasteiger partial charge is 0.494 e. The van der Waals surface area contributed by atoms with Crippen molar-refractivity contribution in [3.05, 3.63) is 81.8 Å². The number of methoxy groups -OCH3 is 1. The molecule has 0 radical (unpaired) electrons. The Morgan fingerprint density at radius 2 is 1.94 bits per heavy atom. The minimum Gasteiger partial charge on any atom is -0.494 e. The van der Waals surface area contributed by atoms with Crippen LogP contribution < -0.4 is 15.4 Å². The summed E-state index contributed by atoms with van der Waals surface area (Å²) >= 11 is 6.16. The van der Waals surface area contributed by atoms with Crippen LogP contribution in [0.25, 0.3) is 0 Å². The number of hydrazone groups is 1. The normalized spacial score (nSPS) is 10.6. The van der Waals surface area contributed by atoms with E-state index in [1.807, 2.05) is 6.92 Å². The maximum absolute atomic E-state index is 14.8. The zero-order chi connectivity index (χ0) is 26.2.